The highest BCUT2D eigenvalue weighted by atomic mass is 19.1. The third-order valence-electron chi connectivity index (χ3n) is 3.39. The van der Waals surface area contributed by atoms with Gasteiger partial charge < -0.3 is 14.8 Å². The number of hydrogen-bond donors (Lipinski definition) is 1. The third kappa shape index (κ3) is 8.62. The number of rotatable bonds is 11. The Bertz CT molecular complexity index is 521. The average Bonchev–Trinajstić information content (AvgIpc) is 2.55. The monoisotopic (exact) mass is 339 g/mol. The minimum Gasteiger partial charge on any atom is -0.455 e. The van der Waals surface area contributed by atoms with Gasteiger partial charge in [-0.05, 0) is 30.5 Å². The molecule has 1 amide bonds. The molecule has 134 valence electrons. The summed E-state index contributed by atoms with van der Waals surface area (Å²) in [5.41, 5.74) is 0.716. The first-order valence-corrected chi connectivity index (χ1v) is 8.28. The van der Waals surface area contributed by atoms with Crippen LogP contribution in [0.3, 0.4) is 0 Å². The van der Waals surface area contributed by atoms with E-state index in [1.165, 1.54) is 12.1 Å². The highest BCUT2D eigenvalue weighted by Crippen LogP contribution is 2.11. The molecule has 0 bridgehead atoms. The van der Waals surface area contributed by atoms with Gasteiger partial charge in [-0.1, -0.05) is 32.4 Å². The molecule has 0 aliphatic heterocycles. The Balaban J connectivity index is 2.18. The molecule has 0 heterocycles. The number of carbonyl (C=O) groups is 2. The summed E-state index contributed by atoms with van der Waals surface area (Å²) in [5.74, 6) is -1.63. The highest BCUT2D eigenvalue weighted by Gasteiger charge is 2.16. The zero-order valence-corrected chi connectivity index (χ0v) is 14.3. The van der Waals surface area contributed by atoms with Crippen LogP contribution in [0.4, 0.5) is 4.39 Å². The molecule has 1 N–H and O–H groups in total. The number of ether oxygens (including phenoxy) is 2. The van der Waals surface area contributed by atoms with Crippen LogP contribution in [0, 0.1) is 11.7 Å². The number of esters is 1. The molecule has 5 nitrogen and oxygen atoms in total. The zero-order chi connectivity index (χ0) is 17.8. The second-order valence-electron chi connectivity index (χ2n) is 5.66. The smallest absolute Gasteiger partial charge is 0.309 e. The molecule has 1 atom stereocenters. The van der Waals surface area contributed by atoms with Crippen molar-refractivity contribution in [1.82, 2.24) is 5.32 Å². The van der Waals surface area contributed by atoms with Gasteiger partial charge in [0.2, 0.25) is 0 Å². The summed E-state index contributed by atoms with van der Waals surface area (Å²) < 4.78 is 23.4. The van der Waals surface area contributed by atoms with Gasteiger partial charge in [0.05, 0.1) is 12.5 Å². The first-order valence-electron chi connectivity index (χ1n) is 8.28. The van der Waals surface area contributed by atoms with E-state index in [1.807, 2.05) is 0 Å². The van der Waals surface area contributed by atoms with Crippen LogP contribution in [0.15, 0.2) is 24.3 Å². The minimum absolute atomic E-state index is 0.318. The Kier molecular flexibility index (Phi) is 9.68. The fraction of sp³-hybridized carbons (Fsp3) is 0.556. The fourth-order valence-electron chi connectivity index (χ4n) is 2.04. The maximum atomic E-state index is 13.1. The number of amides is 1. The summed E-state index contributed by atoms with van der Waals surface area (Å²) in [7, 11) is 0. The summed E-state index contributed by atoms with van der Waals surface area (Å²) >= 11 is 0. The van der Waals surface area contributed by atoms with Crippen molar-refractivity contribution in [3.63, 3.8) is 0 Å². The van der Waals surface area contributed by atoms with Gasteiger partial charge in [0, 0.05) is 13.2 Å². The molecule has 24 heavy (non-hydrogen) atoms. The topological polar surface area (TPSA) is 64.6 Å². The Morgan fingerprint density at radius 1 is 1.29 bits per heavy atom. The number of hydrogen-bond acceptors (Lipinski definition) is 4. The zero-order valence-electron chi connectivity index (χ0n) is 14.3. The van der Waals surface area contributed by atoms with Crippen molar-refractivity contribution in [1.29, 1.82) is 0 Å². The number of unbranched alkanes of at least 4 members (excludes halogenated alkanes) is 1. The summed E-state index contributed by atoms with van der Waals surface area (Å²) in [6.45, 7) is 4.95. The summed E-state index contributed by atoms with van der Waals surface area (Å²) in [6.07, 6.45) is 2.42. The summed E-state index contributed by atoms with van der Waals surface area (Å²) in [5, 5.41) is 2.62. The van der Waals surface area contributed by atoms with Gasteiger partial charge in [0.15, 0.2) is 6.61 Å². The van der Waals surface area contributed by atoms with E-state index in [4.69, 9.17) is 9.47 Å². The van der Waals surface area contributed by atoms with Crippen LogP contribution in [-0.2, 0) is 25.5 Å². The normalized spacial score (nSPS) is 11.8. The van der Waals surface area contributed by atoms with Crippen molar-refractivity contribution in [2.75, 3.05) is 26.4 Å². The molecule has 0 aliphatic rings. The number of halogens is 1. The van der Waals surface area contributed by atoms with E-state index in [0.717, 1.165) is 12.8 Å². The van der Waals surface area contributed by atoms with Crippen LogP contribution in [0.1, 0.15) is 32.3 Å². The van der Waals surface area contributed by atoms with Gasteiger partial charge in [-0.25, -0.2) is 4.39 Å². The lowest BCUT2D eigenvalue weighted by Crippen LogP contribution is -2.32. The van der Waals surface area contributed by atoms with E-state index in [0.29, 0.717) is 31.7 Å². The van der Waals surface area contributed by atoms with Crippen LogP contribution in [0.25, 0.3) is 0 Å². The first kappa shape index (κ1) is 20.1. The lowest BCUT2D eigenvalue weighted by Gasteiger charge is -2.12. The quantitative estimate of drug-likeness (QED) is 0.497. The van der Waals surface area contributed by atoms with Crippen molar-refractivity contribution >= 4 is 11.9 Å². The van der Waals surface area contributed by atoms with Gasteiger partial charge in [-0.2, -0.15) is 0 Å². The van der Waals surface area contributed by atoms with Crippen molar-refractivity contribution in [2.24, 2.45) is 5.92 Å². The van der Waals surface area contributed by atoms with Gasteiger partial charge in [-0.3, -0.25) is 9.59 Å². The average molecular weight is 339 g/mol. The van der Waals surface area contributed by atoms with Gasteiger partial charge in [0.25, 0.3) is 5.91 Å². The standard InChI is InChI=1S/C18H26FNO4/c1-3-4-9-23-10-8-20-17(21)13-24-18(22)14(2)11-15-6-5-7-16(19)12-15/h5-7,12,14H,3-4,8-11,13H2,1-2H3,(H,20,21). The maximum Gasteiger partial charge on any atom is 0.309 e. The van der Waals surface area contributed by atoms with Crippen molar-refractivity contribution in [3.05, 3.63) is 35.6 Å². The lowest BCUT2D eigenvalue weighted by molar-refractivity contribution is -0.152. The third-order valence-corrected chi connectivity index (χ3v) is 3.39. The van der Waals surface area contributed by atoms with E-state index in [9.17, 15) is 14.0 Å². The van der Waals surface area contributed by atoms with Crippen LogP contribution >= 0.6 is 0 Å². The number of nitrogens with one attached hydrogen (secondary N) is 1. The summed E-state index contributed by atoms with van der Waals surface area (Å²) in [4.78, 5) is 23.4. The molecule has 1 unspecified atom stereocenters. The molecule has 1 aromatic carbocycles. The largest absolute Gasteiger partial charge is 0.455 e. The number of benzene rings is 1. The molecule has 0 aromatic heterocycles. The second kappa shape index (κ2) is 11.6. The minimum atomic E-state index is -0.478. The molecular weight excluding hydrogens is 313 g/mol. The molecule has 1 aromatic rings. The predicted octanol–water partition coefficient (Wildman–Crippen LogP) is 2.48. The Labute approximate surface area is 142 Å². The van der Waals surface area contributed by atoms with Crippen molar-refractivity contribution in [3.8, 4) is 0 Å². The van der Waals surface area contributed by atoms with E-state index in [-0.39, 0.29) is 18.3 Å². The van der Waals surface area contributed by atoms with E-state index >= 15 is 0 Å². The highest BCUT2D eigenvalue weighted by molar-refractivity contribution is 5.81. The van der Waals surface area contributed by atoms with Crippen LogP contribution in [-0.4, -0.2) is 38.2 Å². The Morgan fingerprint density at radius 3 is 2.79 bits per heavy atom. The van der Waals surface area contributed by atoms with Gasteiger partial charge in [-0.15, -0.1) is 0 Å². The van der Waals surface area contributed by atoms with E-state index in [1.54, 1.807) is 19.1 Å². The van der Waals surface area contributed by atoms with Gasteiger partial charge >= 0.3 is 5.97 Å². The SMILES string of the molecule is CCCCOCCNC(=O)COC(=O)C(C)Cc1cccc(F)c1. The lowest BCUT2D eigenvalue weighted by atomic mass is 10.0. The molecule has 0 spiro atoms. The summed E-state index contributed by atoms with van der Waals surface area (Å²) in [6, 6.07) is 6.08. The number of carbonyl (C=O) groups excluding carboxylic acids is 2. The predicted molar refractivity (Wildman–Crippen MR) is 89.0 cm³/mol. The second-order valence-corrected chi connectivity index (χ2v) is 5.66. The van der Waals surface area contributed by atoms with Crippen molar-refractivity contribution in [2.45, 2.75) is 33.1 Å². The van der Waals surface area contributed by atoms with Crippen LogP contribution in [0.5, 0.6) is 0 Å². The molecule has 0 saturated heterocycles. The fourth-order valence-corrected chi connectivity index (χ4v) is 2.04. The van der Waals surface area contributed by atoms with Crippen LogP contribution in [0.2, 0.25) is 0 Å². The first-order chi connectivity index (χ1) is 11.5. The molecular formula is C18H26FNO4. The van der Waals surface area contributed by atoms with Crippen molar-refractivity contribution < 1.29 is 23.5 Å². The molecule has 0 aliphatic carbocycles. The Hall–Kier alpha value is -1.95. The molecule has 1 rings (SSSR count). The molecule has 0 radical (unpaired) electrons. The van der Waals surface area contributed by atoms with Crippen LogP contribution < -0.4 is 5.32 Å². The van der Waals surface area contributed by atoms with E-state index in [2.05, 4.69) is 12.2 Å². The van der Waals surface area contributed by atoms with E-state index < -0.39 is 11.9 Å². The maximum absolute atomic E-state index is 13.1. The molecule has 6 heteroatoms. The molecule has 0 saturated carbocycles. The Morgan fingerprint density at radius 2 is 2.08 bits per heavy atom. The van der Waals surface area contributed by atoms with Gasteiger partial charge in [0.1, 0.15) is 5.82 Å². The molecule has 0 fully saturated rings.